The minimum Gasteiger partial charge on any atom is -0.463 e. The second-order valence-corrected chi connectivity index (χ2v) is 4.69. The van der Waals surface area contributed by atoms with Crippen molar-refractivity contribution in [1.82, 2.24) is 14.8 Å². The Labute approximate surface area is 115 Å². The lowest BCUT2D eigenvalue weighted by Crippen LogP contribution is -2.15. The molecule has 1 aliphatic carbocycles. The summed E-state index contributed by atoms with van der Waals surface area (Å²) in [6.07, 6.45) is 1.73. The average molecular weight is 275 g/mol. The highest BCUT2D eigenvalue weighted by Gasteiger charge is 2.33. The zero-order valence-electron chi connectivity index (χ0n) is 11.0. The van der Waals surface area contributed by atoms with Crippen molar-refractivity contribution in [3.05, 3.63) is 30.1 Å². The minimum atomic E-state index is -0.381. The third-order valence-corrected chi connectivity index (χ3v) is 3.08. The van der Waals surface area contributed by atoms with Crippen LogP contribution >= 0.6 is 0 Å². The van der Waals surface area contributed by atoms with Gasteiger partial charge in [-0.25, -0.2) is 4.39 Å². The lowest BCUT2D eigenvalue weighted by Gasteiger charge is -2.03. The first-order valence-corrected chi connectivity index (χ1v) is 6.59. The van der Waals surface area contributed by atoms with Crippen LogP contribution in [0.3, 0.4) is 0 Å². The van der Waals surface area contributed by atoms with Gasteiger partial charge in [-0.05, 0) is 31.9 Å². The van der Waals surface area contributed by atoms with E-state index in [0.717, 1.165) is 12.8 Å². The molecule has 5 nitrogen and oxygen atoms in total. The van der Waals surface area contributed by atoms with Gasteiger partial charge in [0, 0.05) is 11.5 Å². The second-order valence-electron chi connectivity index (χ2n) is 4.69. The van der Waals surface area contributed by atoms with E-state index in [-0.39, 0.29) is 23.7 Å². The Hall–Kier alpha value is -2.24. The van der Waals surface area contributed by atoms with Crippen molar-refractivity contribution in [2.75, 3.05) is 6.61 Å². The Bertz CT molecular complexity index is 650. The topological polar surface area (TPSA) is 57.0 Å². The van der Waals surface area contributed by atoms with Gasteiger partial charge < -0.3 is 4.74 Å². The molecular formula is C14H14FN3O2. The zero-order chi connectivity index (χ0) is 14.1. The van der Waals surface area contributed by atoms with E-state index in [9.17, 15) is 9.18 Å². The molecule has 1 aromatic heterocycles. The summed E-state index contributed by atoms with van der Waals surface area (Å²) in [5, 5.41) is 4.08. The summed E-state index contributed by atoms with van der Waals surface area (Å²) in [5.41, 5.74) is 0.512. The van der Waals surface area contributed by atoms with Gasteiger partial charge in [0.25, 0.3) is 5.91 Å². The molecule has 20 heavy (non-hydrogen) atoms. The Morgan fingerprint density at radius 3 is 2.95 bits per heavy atom. The van der Waals surface area contributed by atoms with Crippen LogP contribution in [0.4, 0.5) is 4.39 Å². The number of benzene rings is 1. The molecule has 1 fully saturated rings. The molecule has 104 valence electrons. The third-order valence-electron chi connectivity index (χ3n) is 3.08. The number of aromatic nitrogens is 3. The van der Waals surface area contributed by atoms with Crippen molar-refractivity contribution < 1.29 is 13.9 Å². The molecule has 0 atom stereocenters. The molecule has 0 bridgehead atoms. The van der Waals surface area contributed by atoms with Crippen molar-refractivity contribution >= 4 is 5.91 Å². The number of halogens is 1. The van der Waals surface area contributed by atoms with E-state index in [4.69, 9.17) is 4.74 Å². The summed E-state index contributed by atoms with van der Waals surface area (Å²) in [6.45, 7) is 2.22. The summed E-state index contributed by atoms with van der Waals surface area (Å²) < 4.78 is 19.8. The van der Waals surface area contributed by atoms with Gasteiger partial charge >= 0.3 is 6.01 Å². The van der Waals surface area contributed by atoms with E-state index in [1.54, 1.807) is 12.1 Å². The first kappa shape index (κ1) is 12.8. The summed E-state index contributed by atoms with van der Waals surface area (Å²) in [5.74, 6) is -0.167. The summed E-state index contributed by atoms with van der Waals surface area (Å²) >= 11 is 0. The standard InChI is InChI=1S/C14H14FN3O2/c1-2-20-14-16-12(10-4-3-5-11(15)8-10)18(17-14)13(19)9-6-7-9/h3-5,8-9H,2,6-7H2,1H3. The predicted molar refractivity (Wildman–Crippen MR) is 69.9 cm³/mol. The minimum absolute atomic E-state index is 0.00140. The first-order chi connectivity index (χ1) is 9.69. The maximum atomic E-state index is 13.3. The molecule has 1 aliphatic rings. The van der Waals surface area contributed by atoms with Crippen LogP contribution in [0.25, 0.3) is 11.4 Å². The summed E-state index contributed by atoms with van der Waals surface area (Å²) in [4.78, 5) is 16.4. The molecule has 1 saturated carbocycles. The van der Waals surface area contributed by atoms with Crippen molar-refractivity contribution in [2.45, 2.75) is 19.8 Å². The fourth-order valence-corrected chi connectivity index (χ4v) is 1.95. The molecule has 1 heterocycles. The SMILES string of the molecule is CCOc1nc(-c2cccc(F)c2)n(C(=O)C2CC2)n1. The maximum Gasteiger partial charge on any atom is 0.336 e. The highest BCUT2D eigenvalue weighted by molar-refractivity contribution is 5.86. The number of carbonyl (C=O) groups excluding carboxylic acids is 1. The number of ether oxygens (including phenoxy) is 1. The molecular weight excluding hydrogens is 261 g/mol. The van der Waals surface area contributed by atoms with E-state index in [1.807, 2.05) is 6.92 Å². The summed E-state index contributed by atoms with van der Waals surface area (Å²) in [6, 6.07) is 6.08. The Kier molecular flexibility index (Phi) is 3.22. The van der Waals surface area contributed by atoms with E-state index in [2.05, 4.69) is 10.1 Å². The van der Waals surface area contributed by atoms with E-state index >= 15 is 0 Å². The lowest BCUT2D eigenvalue weighted by atomic mass is 10.2. The fourth-order valence-electron chi connectivity index (χ4n) is 1.95. The van der Waals surface area contributed by atoms with Crippen LogP contribution in [0, 0.1) is 11.7 Å². The predicted octanol–water partition coefficient (Wildman–Crippen LogP) is 2.53. The van der Waals surface area contributed by atoms with Crippen LogP contribution in [-0.4, -0.2) is 27.3 Å². The van der Waals surface area contributed by atoms with Crippen molar-refractivity contribution in [3.63, 3.8) is 0 Å². The Morgan fingerprint density at radius 2 is 2.30 bits per heavy atom. The van der Waals surface area contributed by atoms with E-state index in [0.29, 0.717) is 18.0 Å². The van der Waals surface area contributed by atoms with Gasteiger partial charge in [0.2, 0.25) is 0 Å². The number of hydrogen-bond acceptors (Lipinski definition) is 4. The second kappa shape index (κ2) is 5.03. The lowest BCUT2D eigenvalue weighted by molar-refractivity contribution is 0.0870. The largest absolute Gasteiger partial charge is 0.463 e. The molecule has 0 amide bonds. The van der Waals surface area contributed by atoms with E-state index in [1.165, 1.54) is 16.8 Å². The summed E-state index contributed by atoms with van der Waals surface area (Å²) in [7, 11) is 0. The molecule has 1 aromatic carbocycles. The highest BCUT2D eigenvalue weighted by atomic mass is 19.1. The van der Waals surface area contributed by atoms with Crippen molar-refractivity contribution in [3.8, 4) is 17.4 Å². The third kappa shape index (κ3) is 2.41. The average Bonchev–Trinajstić information content (AvgIpc) is 3.19. The zero-order valence-corrected chi connectivity index (χ0v) is 11.0. The normalized spacial score (nSPS) is 14.3. The highest BCUT2D eigenvalue weighted by Crippen LogP contribution is 2.32. The number of carbonyl (C=O) groups is 1. The first-order valence-electron chi connectivity index (χ1n) is 6.59. The van der Waals surface area contributed by atoms with Gasteiger partial charge in [0.15, 0.2) is 5.82 Å². The van der Waals surface area contributed by atoms with Gasteiger partial charge in [0.1, 0.15) is 5.82 Å². The van der Waals surface area contributed by atoms with E-state index < -0.39 is 0 Å². The fraction of sp³-hybridized carbons (Fsp3) is 0.357. The quantitative estimate of drug-likeness (QED) is 0.860. The Balaban J connectivity index is 2.05. The Morgan fingerprint density at radius 1 is 1.50 bits per heavy atom. The molecule has 2 aromatic rings. The van der Waals surface area contributed by atoms with Crippen LogP contribution in [-0.2, 0) is 0 Å². The number of rotatable bonds is 4. The number of hydrogen-bond donors (Lipinski definition) is 0. The van der Waals surface area contributed by atoms with Gasteiger partial charge in [-0.1, -0.05) is 12.1 Å². The molecule has 0 spiro atoms. The molecule has 6 heteroatoms. The smallest absolute Gasteiger partial charge is 0.336 e. The van der Waals surface area contributed by atoms with Crippen LogP contribution < -0.4 is 4.74 Å². The van der Waals surface area contributed by atoms with Gasteiger partial charge in [0.05, 0.1) is 6.61 Å². The van der Waals surface area contributed by atoms with Crippen LogP contribution in [0.1, 0.15) is 24.6 Å². The number of nitrogens with zero attached hydrogens (tertiary/aromatic N) is 3. The van der Waals surface area contributed by atoms with Crippen molar-refractivity contribution in [1.29, 1.82) is 0 Å². The van der Waals surface area contributed by atoms with Crippen molar-refractivity contribution in [2.24, 2.45) is 5.92 Å². The monoisotopic (exact) mass is 275 g/mol. The maximum absolute atomic E-state index is 13.3. The van der Waals surface area contributed by atoms with Crippen LogP contribution in [0.2, 0.25) is 0 Å². The molecule has 3 rings (SSSR count). The van der Waals surface area contributed by atoms with Gasteiger partial charge in [-0.15, -0.1) is 5.10 Å². The van der Waals surface area contributed by atoms with Gasteiger partial charge in [-0.3, -0.25) is 4.79 Å². The molecule has 0 unspecified atom stereocenters. The van der Waals surface area contributed by atoms with Crippen LogP contribution in [0.5, 0.6) is 6.01 Å². The van der Waals surface area contributed by atoms with Gasteiger partial charge in [-0.2, -0.15) is 9.67 Å². The molecule has 0 N–H and O–H groups in total. The molecule has 0 aliphatic heterocycles. The molecule has 0 radical (unpaired) electrons. The van der Waals surface area contributed by atoms with Crippen LogP contribution in [0.15, 0.2) is 24.3 Å². The molecule has 0 saturated heterocycles.